The molecule has 2 amide bonds. The fourth-order valence-corrected chi connectivity index (χ4v) is 9.71. The number of nitrogens with zero attached hydrogens (tertiary/aromatic N) is 4. The molecule has 0 saturated carbocycles. The summed E-state index contributed by atoms with van der Waals surface area (Å²) in [7, 11) is 0. The predicted molar refractivity (Wildman–Crippen MR) is 184 cm³/mol. The van der Waals surface area contributed by atoms with Gasteiger partial charge in [0.25, 0.3) is 0 Å². The lowest BCUT2D eigenvalue weighted by Gasteiger charge is -2.34. The lowest BCUT2D eigenvalue weighted by molar-refractivity contribution is -0.137. The molecule has 4 aliphatic rings. The number of likely N-dealkylation sites (tertiary alicyclic amines) is 1. The maximum Gasteiger partial charge on any atom is 0.233 e. The summed E-state index contributed by atoms with van der Waals surface area (Å²) in [5.41, 5.74) is 5.89. The highest BCUT2D eigenvalue weighted by atomic mass is 32.1. The number of benzene rings is 1. The van der Waals surface area contributed by atoms with Gasteiger partial charge in [0.1, 0.15) is 4.83 Å². The minimum absolute atomic E-state index is 0.312. The van der Waals surface area contributed by atoms with E-state index in [-0.39, 0.29) is 0 Å². The number of piperazine rings is 1. The van der Waals surface area contributed by atoms with Gasteiger partial charge in [-0.25, -0.2) is 0 Å². The van der Waals surface area contributed by atoms with Gasteiger partial charge in [-0.2, -0.15) is 0 Å². The highest BCUT2D eigenvalue weighted by Gasteiger charge is 2.47. The monoisotopic (exact) mass is 629 g/mol. The van der Waals surface area contributed by atoms with Crippen LogP contribution >= 0.6 is 11.3 Å². The van der Waals surface area contributed by atoms with Crippen LogP contribution in [0.5, 0.6) is 0 Å². The van der Waals surface area contributed by atoms with E-state index in [1.165, 1.54) is 68.7 Å². The third kappa shape index (κ3) is 6.10. The molecule has 4 saturated heterocycles. The van der Waals surface area contributed by atoms with E-state index < -0.39 is 5.41 Å². The number of thiophene rings is 1. The van der Waals surface area contributed by atoms with E-state index in [9.17, 15) is 9.59 Å². The zero-order chi connectivity index (χ0) is 31.3. The van der Waals surface area contributed by atoms with Gasteiger partial charge in [0.05, 0.1) is 11.1 Å². The van der Waals surface area contributed by atoms with Crippen LogP contribution in [0.3, 0.4) is 0 Å². The molecule has 45 heavy (non-hydrogen) atoms. The number of aromatic nitrogens is 1. The molecule has 7 nitrogen and oxygen atoms in total. The first kappa shape index (κ1) is 30.9. The molecular formula is C37H51N5O2S. The van der Waals surface area contributed by atoms with Gasteiger partial charge in [0.15, 0.2) is 0 Å². The molecule has 1 N–H and O–H groups in total. The average Bonchev–Trinajstić information content (AvgIpc) is 3.86. The van der Waals surface area contributed by atoms with Gasteiger partial charge in [-0.1, -0.05) is 17.2 Å². The summed E-state index contributed by atoms with van der Waals surface area (Å²) in [4.78, 5) is 42.1. The van der Waals surface area contributed by atoms with Gasteiger partial charge in [-0.3, -0.25) is 9.59 Å². The van der Waals surface area contributed by atoms with Gasteiger partial charge in [-0.15, -0.1) is 11.3 Å². The smallest absolute Gasteiger partial charge is 0.233 e. The third-order valence-corrected chi connectivity index (χ3v) is 12.6. The Balaban J connectivity index is 1.07. The molecule has 8 heteroatoms. The molecule has 0 aliphatic carbocycles. The number of amides is 2. The molecule has 4 aliphatic heterocycles. The van der Waals surface area contributed by atoms with E-state index >= 15 is 0 Å². The van der Waals surface area contributed by atoms with E-state index in [0.717, 1.165) is 71.6 Å². The van der Waals surface area contributed by atoms with Crippen molar-refractivity contribution in [3.63, 3.8) is 0 Å². The van der Waals surface area contributed by atoms with Crippen LogP contribution in [0.2, 0.25) is 0 Å². The average molecular weight is 630 g/mol. The van der Waals surface area contributed by atoms with Crippen molar-refractivity contribution in [3.05, 3.63) is 45.8 Å². The quantitative estimate of drug-likeness (QED) is 0.310. The number of aryl methyl sites for hydroxylation is 2. The summed E-state index contributed by atoms with van der Waals surface area (Å²) in [6, 6.07) is 10.1. The number of aromatic amines is 1. The van der Waals surface area contributed by atoms with Crippen LogP contribution in [0.15, 0.2) is 24.3 Å². The SMILES string of the molecule is Cc1cc(C)cc(-c2[nH]c3sc(C(C)(C)C(=O)N4C5CCC4CC5)cc3c2CCN2CCN(CCC(=O)N3CCCC3)CC2)c1. The van der Waals surface area contributed by atoms with Crippen molar-refractivity contribution < 1.29 is 9.59 Å². The van der Waals surface area contributed by atoms with Crippen LogP contribution < -0.4 is 0 Å². The second-order valence-corrected chi connectivity index (χ2v) is 15.8. The molecular weight excluding hydrogens is 579 g/mol. The van der Waals surface area contributed by atoms with Crippen molar-refractivity contribution in [1.82, 2.24) is 24.6 Å². The Hall–Kier alpha value is -2.68. The van der Waals surface area contributed by atoms with E-state index in [2.05, 4.69) is 71.6 Å². The highest BCUT2D eigenvalue weighted by molar-refractivity contribution is 7.19. The maximum absolute atomic E-state index is 14.0. The summed E-state index contributed by atoms with van der Waals surface area (Å²) < 4.78 is 0. The topological polar surface area (TPSA) is 62.9 Å². The Morgan fingerprint density at radius 3 is 2.07 bits per heavy atom. The Morgan fingerprint density at radius 2 is 1.44 bits per heavy atom. The predicted octanol–water partition coefficient (Wildman–Crippen LogP) is 6.12. The van der Waals surface area contributed by atoms with Gasteiger partial charge in [0.2, 0.25) is 11.8 Å². The Morgan fingerprint density at radius 1 is 0.844 bits per heavy atom. The van der Waals surface area contributed by atoms with Crippen LogP contribution in [0.4, 0.5) is 0 Å². The maximum atomic E-state index is 14.0. The van der Waals surface area contributed by atoms with E-state index in [0.29, 0.717) is 30.3 Å². The molecule has 6 heterocycles. The minimum Gasteiger partial charge on any atom is -0.346 e. The second-order valence-electron chi connectivity index (χ2n) is 14.8. The fraction of sp³-hybridized carbons (Fsp3) is 0.622. The first-order chi connectivity index (χ1) is 21.7. The van der Waals surface area contributed by atoms with Crippen LogP contribution in [0, 0.1) is 13.8 Å². The third-order valence-electron chi connectivity index (χ3n) is 11.2. The first-order valence-electron chi connectivity index (χ1n) is 17.5. The number of carbonyl (C=O) groups is 2. The highest BCUT2D eigenvalue weighted by Crippen LogP contribution is 2.44. The van der Waals surface area contributed by atoms with Gasteiger partial charge >= 0.3 is 0 Å². The first-order valence-corrected chi connectivity index (χ1v) is 18.3. The summed E-state index contributed by atoms with van der Waals surface area (Å²) in [6.45, 7) is 16.5. The summed E-state index contributed by atoms with van der Waals surface area (Å²) in [5, 5.41) is 1.29. The van der Waals surface area contributed by atoms with Crippen molar-refractivity contribution >= 4 is 33.4 Å². The Labute approximate surface area is 272 Å². The van der Waals surface area contributed by atoms with E-state index in [1.54, 1.807) is 11.3 Å². The minimum atomic E-state index is -0.528. The number of carbonyl (C=O) groups excluding carboxylic acids is 2. The largest absolute Gasteiger partial charge is 0.346 e. The van der Waals surface area contributed by atoms with Crippen molar-refractivity contribution in [3.8, 4) is 11.3 Å². The van der Waals surface area contributed by atoms with Crippen LogP contribution in [0.1, 0.15) is 80.4 Å². The number of H-pyrrole nitrogens is 1. The zero-order valence-corrected chi connectivity index (χ0v) is 28.6. The van der Waals surface area contributed by atoms with E-state index in [1.807, 2.05) is 4.90 Å². The molecule has 3 aromatic rings. The van der Waals surface area contributed by atoms with Crippen LogP contribution in [0.25, 0.3) is 21.5 Å². The second kappa shape index (κ2) is 12.5. The molecule has 2 bridgehead atoms. The van der Waals surface area contributed by atoms with E-state index in [4.69, 9.17) is 0 Å². The number of hydrogen-bond acceptors (Lipinski definition) is 5. The van der Waals surface area contributed by atoms with Crippen molar-refractivity contribution in [1.29, 1.82) is 0 Å². The lowest BCUT2D eigenvalue weighted by atomic mass is 9.88. The molecule has 4 fully saturated rings. The van der Waals surface area contributed by atoms with Crippen molar-refractivity contribution in [2.45, 2.75) is 96.6 Å². The lowest BCUT2D eigenvalue weighted by Crippen LogP contribution is -2.47. The molecule has 0 atom stereocenters. The van der Waals surface area contributed by atoms with Crippen LogP contribution in [-0.2, 0) is 21.4 Å². The number of rotatable bonds is 9. The molecule has 242 valence electrons. The fourth-order valence-electron chi connectivity index (χ4n) is 8.52. The van der Waals surface area contributed by atoms with Crippen molar-refractivity contribution in [2.24, 2.45) is 0 Å². The number of fused-ring (bicyclic) bond motifs is 3. The zero-order valence-electron chi connectivity index (χ0n) is 27.8. The summed E-state index contributed by atoms with van der Waals surface area (Å²) >= 11 is 1.78. The van der Waals surface area contributed by atoms with Gasteiger partial charge in [0, 0.05) is 81.1 Å². The van der Waals surface area contributed by atoms with Gasteiger partial charge < -0.3 is 24.6 Å². The molecule has 0 unspecified atom stereocenters. The Kier molecular flexibility index (Phi) is 8.59. The summed E-state index contributed by atoms with van der Waals surface area (Å²) in [5.74, 6) is 0.644. The molecule has 2 aromatic heterocycles. The number of nitrogens with one attached hydrogen (secondary N) is 1. The molecule has 0 radical (unpaired) electrons. The molecule has 7 rings (SSSR count). The Bertz CT molecular complexity index is 1520. The van der Waals surface area contributed by atoms with Crippen LogP contribution in [-0.4, -0.2) is 101 Å². The normalized spacial score (nSPS) is 22.8. The standard InChI is InChI=1S/C37H51N5O2S/c1-25-21-26(2)23-27(22-25)34-30(11-15-39-17-19-40(20-18-39)16-12-33(43)41-13-5-6-14-41)31-24-32(45-35(31)38-34)37(3,4)36(44)42-28-7-8-29(42)10-9-28/h21-24,28-29,38H,5-20H2,1-4H3. The number of hydrogen-bond donors (Lipinski definition) is 1. The molecule has 1 aromatic carbocycles. The van der Waals surface area contributed by atoms with Gasteiger partial charge in [-0.05, 0) is 102 Å². The van der Waals surface area contributed by atoms with Crippen molar-refractivity contribution in [2.75, 3.05) is 52.4 Å². The molecule has 0 spiro atoms. The summed E-state index contributed by atoms with van der Waals surface area (Å²) in [6.07, 6.45) is 8.63.